The highest BCUT2D eigenvalue weighted by atomic mass is 19.1. The van der Waals surface area contributed by atoms with Gasteiger partial charge in [0, 0.05) is 12.1 Å². The molecular weight excluding hydrogens is 259 g/mol. The Morgan fingerprint density at radius 3 is 2.75 bits per heavy atom. The molecule has 5 heteroatoms. The van der Waals surface area contributed by atoms with Crippen LogP contribution in [0.4, 0.5) is 15.8 Å². The molecule has 0 heterocycles. The summed E-state index contributed by atoms with van der Waals surface area (Å²) in [6.45, 7) is 6.57. The lowest BCUT2D eigenvalue weighted by atomic mass is 9.70. The van der Waals surface area contributed by atoms with Crippen LogP contribution in [0.15, 0.2) is 18.2 Å². The van der Waals surface area contributed by atoms with Crippen LogP contribution in [0.2, 0.25) is 0 Å². The van der Waals surface area contributed by atoms with Gasteiger partial charge in [0.2, 0.25) is 0 Å². The summed E-state index contributed by atoms with van der Waals surface area (Å²) in [7, 11) is 0. The molecular formula is C15H21FN2O2. The normalized spacial score (nSPS) is 25.2. The van der Waals surface area contributed by atoms with Gasteiger partial charge in [0.1, 0.15) is 5.69 Å². The highest BCUT2D eigenvalue weighted by Gasteiger charge is 2.33. The smallest absolute Gasteiger partial charge is 0.295 e. The number of hydrogen-bond acceptors (Lipinski definition) is 3. The molecule has 0 spiro atoms. The lowest BCUT2D eigenvalue weighted by Gasteiger charge is -2.39. The largest absolute Gasteiger partial charge is 0.374 e. The van der Waals surface area contributed by atoms with Crippen LogP contribution in [0.1, 0.15) is 40.0 Å². The number of nitro groups is 1. The number of rotatable bonds is 3. The van der Waals surface area contributed by atoms with Crippen molar-refractivity contribution in [3.8, 4) is 0 Å². The summed E-state index contributed by atoms with van der Waals surface area (Å²) in [5.41, 5.74) is 0.120. The van der Waals surface area contributed by atoms with Crippen LogP contribution in [0.25, 0.3) is 0 Å². The molecule has 0 radical (unpaired) electrons. The summed E-state index contributed by atoms with van der Waals surface area (Å²) in [4.78, 5) is 10.5. The van der Waals surface area contributed by atoms with Crippen molar-refractivity contribution >= 4 is 11.4 Å². The summed E-state index contributed by atoms with van der Waals surface area (Å²) in [5, 5.41) is 14.1. The van der Waals surface area contributed by atoms with Gasteiger partial charge >= 0.3 is 0 Å². The minimum Gasteiger partial charge on any atom is -0.374 e. The van der Waals surface area contributed by atoms with Crippen LogP contribution in [0.3, 0.4) is 0 Å². The summed E-state index contributed by atoms with van der Waals surface area (Å²) in [6, 6.07) is 4.04. The zero-order valence-electron chi connectivity index (χ0n) is 12.1. The molecule has 2 atom stereocenters. The minimum atomic E-state index is -0.559. The zero-order valence-corrected chi connectivity index (χ0v) is 12.1. The summed E-state index contributed by atoms with van der Waals surface area (Å²) in [6.07, 6.45) is 2.98. The van der Waals surface area contributed by atoms with Crippen LogP contribution in [-0.4, -0.2) is 11.0 Å². The fraction of sp³-hybridized carbons (Fsp3) is 0.600. The molecule has 0 amide bonds. The topological polar surface area (TPSA) is 55.2 Å². The van der Waals surface area contributed by atoms with Gasteiger partial charge in [-0.15, -0.1) is 0 Å². The summed E-state index contributed by atoms with van der Waals surface area (Å²) >= 11 is 0. The number of nitro benzene ring substituents is 1. The molecule has 20 heavy (non-hydrogen) atoms. The van der Waals surface area contributed by atoms with E-state index >= 15 is 0 Å². The van der Waals surface area contributed by atoms with Gasteiger partial charge in [-0.25, -0.2) is 4.39 Å². The van der Waals surface area contributed by atoms with E-state index in [4.69, 9.17) is 0 Å². The molecule has 2 unspecified atom stereocenters. The molecule has 4 nitrogen and oxygen atoms in total. The van der Waals surface area contributed by atoms with Crippen molar-refractivity contribution in [1.82, 2.24) is 0 Å². The van der Waals surface area contributed by atoms with Gasteiger partial charge in [0.15, 0.2) is 5.82 Å². The highest BCUT2D eigenvalue weighted by Crippen LogP contribution is 2.40. The van der Waals surface area contributed by atoms with E-state index in [1.807, 2.05) is 0 Å². The molecule has 0 aliphatic heterocycles. The number of benzene rings is 1. The van der Waals surface area contributed by atoms with Crippen LogP contribution in [-0.2, 0) is 0 Å². The molecule has 110 valence electrons. The van der Waals surface area contributed by atoms with Crippen LogP contribution < -0.4 is 5.32 Å². The fourth-order valence-corrected chi connectivity index (χ4v) is 3.15. The van der Waals surface area contributed by atoms with Crippen LogP contribution in [0.5, 0.6) is 0 Å². The van der Waals surface area contributed by atoms with E-state index in [0.29, 0.717) is 11.3 Å². The zero-order chi connectivity index (χ0) is 14.9. The Bertz CT molecular complexity index is 517. The Hall–Kier alpha value is -1.65. The van der Waals surface area contributed by atoms with Gasteiger partial charge in [0.05, 0.1) is 4.92 Å². The van der Waals surface area contributed by atoms with Crippen molar-refractivity contribution in [2.24, 2.45) is 11.3 Å². The first kappa shape index (κ1) is 14.8. The molecule has 0 saturated heterocycles. The third-order valence-electron chi connectivity index (χ3n) is 4.21. The summed E-state index contributed by atoms with van der Waals surface area (Å²) < 4.78 is 13.9. The average molecular weight is 280 g/mol. The van der Waals surface area contributed by atoms with Gasteiger partial charge in [0.25, 0.3) is 5.69 Å². The average Bonchev–Trinajstić information content (AvgIpc) is 2.33. The Labute approximate surface area is 118 Å². The number of hydrogen-bond donors (Lipinski definition) is 1. The standard InChI is InChI=1S/C15H21FN2O2/c1-10-9-15(2,3)8-7-12(10)17-14-11(16)5-4-6-13(14)18(19)20/h4-6,10,12,17H,7-9H2,1-3H3. The lowest BCUT2D eigenvalue weighted by molar-refractivity contribution is -0.384. The molecule has 1 aliphatic rings. The van der Waals surface area contributed by atoms with Gasteiger partial charge < -0.3 is 5.32 Å². The first-order valence-electron chi connectivity index (χ1n) is 6.99. The Balaban J connectivity index is 2.21. The monoisotopic (exact) mass is 280 g/mol. The van der Waals surface area contributed by atoms with Crippen molar-refractivity contribution in [1.29, 1.82) is 0 Å². The third-order valence-corrected chi connectivity index (χ3v) is 4.21. The molecule has 1 N–H and O–H groups in total. The molecule has 1 aliphatic carbocycles. The molecule has 1 aromatic carbocycles. The minimum absolute atomic E-state index is 0.0223. The first-order valence-corrected chi connectivity index (χ1v) is 6.99. The van der Waals surface area contributed by atoms with Crippen molar-refractivity contribution in [3.63, 3.8) is 0 Å². The second-order valence-electron chi connectivity index (χ2n) is 6.53. The molecule has 1 saturated carbocycles. The van der Waals surface area contributed by atoms with Crippen molar-refractivity contribution in [3.05, 3.63) is 34.1 Å². The number of nitrogens with zero attached hydrogens (tertiary/aromatic N) is 1. The maximum absolute atomic E-state index is 13.9. The molecule has 0 aromatic heterocycles. The van der Waals surface area contributed by atoms with Gasteiger partial charge in [-0.3, -0.25) is 10.1 Å². The van der Waals surface area contributed by atoms with E-state index in [1.54, 1.807) is 0 Å². The quantitative estimate of drug-likeness (QED) is 0.661. The summed E-state index contributed by atoms with van der Waals surface area (Å²) in [5.74, 6) is -0.200. The van der Waals surface area contributed by atoms with E-state index in [0.717, 1.165) is 19.3 Å². The number of nitrogens with one attached hydrogen (secondary N) is 1. The third kappa shape index (κ3) is 3.08. The fourth-order valence-electron chi connectivity index (χ4n) is 3.15. The molecule has 1 aromatic rings. The van der Waals surface area contributed by atoms with Crippen molar-refractivity contribution < 1.29 is 9.31 Å². The molecule has 0 bridgehead atoms. The predicted molar refractivity (Wildman–Crippen MR) is 77.3 cm³/mol. The lowest BCUT2D eigenvalue weighted by Crippen LogP contribution is -2.37. The van der Waals surface area contributed by atoms with Gasteiger partial charge in [-0.2, -0.15) is 0 Å². The van der Waals surface area contributed by atoms with Crippen LogP contribution in [0, 0.1) is 27.3 Å². The number of anilines is 1. The van der Waals surface area contributed by atoms with E-state index in [1.165, 1.54) is 18.2 Å². The second-order valence-corrected chi connectivity index (χ2v) is 6.53. The number of halogens is 1. The SMILES string of the molecule is CC1CC(C)(C)CCC1Nc1c(F)cccc1[N+](=O)[O-]. The number of para-hydroxylation sites is 1. The Morgan fingerprint density at radius 2 is 2.15 bits per heavy atom. The van der Waals surface area contributed by atoms with Crippen molar-refractivity contribution in [2.75, 3.05) is 5.32 Å². The maximum Gasteiger partial charge on any atom is 0.295 e. The van der Waals surface area contributed by atoms with E-state index in [-0.39, 0.29) is 17.4 Å². The Kier molecular flexibility index (Phi) is 3.97. The predicted octanol–water partition coefficient (Wildman–Crippen LogP) is 4.36. The Morgan fingerprint density at radius 1 is 1.45 bits per heavy atom. The first-order chi connectivity index (χ1) is 9.30. The van der Waals surface area contributed by atoms with E-state index < -0.39 is 10.7 Å². The molecule has 2 rings (SSSR count). The molecule has 1 fully saturated rings. The van der Waals surface area contributed by atoms with Crippen LogP contribution >= 0.6 is 0 Å². The highest BCUT2D eigenvalue weighted by molar-refractivity contribution is 5.62. The van der Waals surface area contributed by atoms with Gasteiger partial charge in [-0.1, -0.05) is 26.8 Å². The van der Waals surface area contributed by atoms with Gasteiger partial charge in [-0.05, 0) is 36.7 Å². The van der Waals surface area contributed by atoms with Crippen molar-refractivity contribution in [2.45, 2.75) is 46.1 Å². The maximum atomic E-state index is 13.9. The van der Waals surface area contributed by atoms with E-state index in [2.05, 4.69) is 26.1 Å². The van der Waals surface area contributed by atoms with E-state index in [9.17, 15) is 14.5 Å². The second kappa shape index (κ2) is 5.38.